The van der Waals surface area contributed by atoms with E-state index in [0.717, 1.165) is 25.1 Å². The molecule has 2 aromatic rings. The van der Waals surface area contributed by atoms with Crippen LogP contribution in [-0.4, -0.2) is 25.0 Å². The Kier molecular flexibility index (Phi) is 5.59. The zero-order valence-electron chi connectivity index (χ0n) is 12.0. The molecule has 0 bridgehead atoms. The molecule has 1 fully saturated rings. The normalized spacial score (nSPS) is 17.4. The molecule has 1 saturated heterocycles. The smallest absolute Gasteiger partial charge is 0.224 e. The van der Waals surface area contributed by atoms with Crippen molar-refractivity contribution in [3.8, 4) is 0 Å². The highest BCUT2D eigenvalue weighted by Gasteiger charge is 2.14. The molecule has 1 atom stereocenters. The van der Waals surface area contributed by atoms with Gasteiger partial charge in [0, 0.05) is 12.6 Å². The molecular formula is C17H21ClN2O. The third-order valence-electron chi connectivity index (χ3n) is 3.89. The highest BCUT2D eigenvalue weighted by molar-refractivity contribution is 5.86. The summed E-state index contributed by atoms with van der Waals surface area (Å²) in [6, 6.07) is 14.9. The Balaban J connectivity index is 0.00000161. The predicted octanol–water partition coefficient (Wildman–Crippen LogP) is 2.67. The van der Waals surface area contributed by atoms with Gasteiger partial charge in [-0.05, 0) is 35.7 Å². The topological polar surface area (TPSA) is 41.1 Å². The molecule has 0 saturated carbocycles. The van der Waals surface area contributed by atoms with E-state index in [0.29, 0.717) is 12.5 Å². The molecule has 0 aliphatic carbocycles. The van der Waals surface area contributed by atoms with Crippen LogP contribution in [0.4, 0.5) is 0 Å². The minimum atomic E-state index is 0. The predicted molar refractivity (Wildman–Crippen MR) is 88.9 cm³/mol. The number of carbonyl (C=O) groups is 1. The Morgan fingerprint density at radius 1 is 1.19 bits per heavy atom. The first-order valence-electron chi connectivity index (χ1n) is 7.29. The molecule has 2 aromatic carbocycles. The van der Waals surface area contributed by atoms with Gasteiger partial charge >= 0.3 is 0 Å². The van der Waals surface area contributed by atoms with Crippen LogP contribution in [0, 0.1) is 0 Å². The number of rotatable bonds is 4. The van der Waals surface area contributed by atoms with Gasteiger partial charge in [-0.15, -0.1) is 12.4 Å². The second-order valence-electron chi connectivity index (χ2n) is 5.46. The summed E-state index contributed by atoms with van der Waals surface area (Å²) in [6.07, 6.45) is 2.83. The molecule has 0 aromatic heterocycles. The lowest BCUT2D eigenvalue weighted by Gasteiger charge is -2.11. The van der Waals surface area contributed by atoms with Crippen molar-refractivity contribution < 1.29 is 4.79 Å². The van der Waals surface area contributed by atoms with E-state index in [4.69, 9.17) is 0 Å². The Morgan fingerprint density at radius 3 is 2.76 bits per heavy atom. The number of amides is 1. The quantitative estimate of drug-likeness (QED) is 0.912. The number of halogens is 1. The van der Waals surface area contributed by atoms with Crippen molar-refractivity contribution in [1.29, 1.82) is 0 Å². The summed E-state index contributed by atoms with van der Waals surface area (Å²) < 4.78 is 0. The SMILES string of the molecule is Cl.O=C(Cc1ccc2ccccc2c1)NCC1CCCN1. The van der Waals surface area contributed by atoms with Gasteiger partial charge in [-0.1, -0.05) is 42.5 Å². The summed E-state index contributed by atoms with van der Waals surface area (Å²) in [5, 5.41) is 8.81. The van der Waals surface area contributed by atoms with Crippen molar-refractivity contribution in [2.24, 2.45) is 0 Å². The van der Waals surface area contributed by atoms with Crippen molar-refractivity contribution in [3.05, 3.63) is 48.0 Å². The summed E-state index contributed by atoms with van der Waals surface area (Å²) >= 11 is 0. The van der Waals surface area contributed by atoms with Gasteiger partial charge in [0.1, 0.15) is 0 Å². The van der Waals surface area contributed by atoms with Crippen molar-refractivity contribution in [3.63, 3.8) is 0 Å². The summed E-state index contributed by atoms with van der Waals surface area (Å²) in [5.74, 6) is 0.106. The molecule has 1 aliphatic heterocycles. The standard InChI is InChI=1S/C17H20N2O.ClH/c20-17(19-12-16-6-3-9-18-16)11-13-7-8-14-4-1-2-5-15(14)10-13;/h1-2,4-5,7-8,10,16,18H,3,6,9,11-12H2,(H,19,20);1H. The van der Waals surface area contributed by atoms with Gasteiger partial charge in [-0.2, -0.15) is 0 Å². The Morgan fingerprint density at radius 2 is 2.00 bits per heavy atom. The molecule has 2 N–H and O–H groups in total. The lowest BCUT2D eigenvalue weighted by atomic mass is 10.0. The third-order valence-corrected chi connectivity index (χ3v) is 3.89. The number of nitrogens with one attached hydrogen (secondary N) is 2. The number of fused-ring (bicyclic) bond motifs is 1. The Labute approximate surface area is 131 Å². The van der Waals surface area contributed by atoms with E-state index in [1.165, 1.54) is 17.2 Å². The number of benzene rings is 2. The average molecular weight is 305 g/mol. The fourth-order valence-electron chi connectivity index (χ4n) is 2.76. The second kappa shape index (κ2) is 7.43. The average Bonchev–Trinajstić information content (AvgIpc) is 2.98. The number of hydrogen-bond acceptors (Lipinski definition) is 2. The maximum absolute atomic E-state index is 12.0. The first-order chi connectivity index (χ1) is 9.81. The van der Waals surface area contributed by atoms with E-state index in [9.17, 15) is 4.79 Å². The van der Waals surface area contributed by atoms with Gasteiger partial charge in [0.05, 0.1) is 6.42 Å². The summed E-state index contributed by atoms with van der Waals surface area (Å²) in [5.41, 5.74) is 1.07. The van der Waals surface area contributed by atoms with Crippen LogP contribution in [0.25, 0.3) is 10.8 Å². The fraction of sp³-hybridized carbons (Fsp3) is 0.353. The van der Waals surface area contributed by atoms with Crippen LogP contribution in [0.3, 0.4) is 0 Å². The lowest BCUT2D eigenvalue weighted by Crippen LogP contribution is -2.37. The molecule has 4 heteroatoms. The zero-order chi connectivity index (χ0) is 13.8. The monoisotopic (exact) mass is 304 g/mol. The third kappa shape index (κ3) is 4.19. The zero-order valence-corrected chi connectivity index (χ0v) is 12.8. The van der Waals surface area contributed by atoms with Gasteiger partial charge in [0.15, 0.2) is 0 Å². The molecule has 1 heterocycles. The van der Waals surface area contributed by atoms with E-state index in [2.05, 4.69) is 34.9 Å². The van der Waals surface area contributed by atoms with Gasteiger partial charge in [0.2, 0.25) is 5.91 Å². The second-order valence-corrected chi connectivity index (χ2v) is 5.46. The van der Waals surface area contributed by atoms with E-state index in [1.54, 1.807) is 0 Å². The first kappa shape index (κ1) is 15.8. The van der Waals surface area contributed by atoms with Gasteiger partial charge in [-0.25, -0.2) is 0 Å². The van der Waals surface area contributed by atoms with Crippen LogP contribution >= 0.6 is 12.4 Å². The van der Waals surface area contributed by atoms with Gasteiger partial charge in [0.25, 0.3) is 0 Å². The number of hydrogen-bond donors (Lipinski definition) is 2. The number of carbonyl (C=O) groups excluding carboxylic acids is 1. The largest absolute Gasteiger partial charge is 0.354 e. The molecule has 112 valence electrons. The van der Waals surface area contributed by atoms with E-state index in [-0.39, 0.29) is 18.3 Å². The Hall–Kier alpha value is -1.58. The molecule has 0 spiro atoms. The first-order valence-corrected chi connectivity index (χ1v) is 7.29. The van der Waals surface area contributed by atoms with Crippen LogP contribution in [0.15, 0.2) is 42.5 Å². The van der Waals surface area contributed by atoms with Crippen molar-refractivity contribution in [2.45, 2.75) is 25.3 Å². The summed E-state index contributed by atoms with van der Waals surface area (Å²) in [6.45, 7) is 1.82. The molecule has 21 heavy (non-hydrogen) atoms. The molecule has 0 radical (unpaired) electrons. The van der Waals surface area contributed by atoms with E-state index in [1.807, 2.05) is 18.2 Å². The summed E-state index contributed by atoms with van der Waals surface area (Å²) in [4.78, 5) is 12.0. The fourth-order valence-corrected chi connectivity index (χ4v) is 2.76. The molecule has 1 amide bonds. The van der Waals surface area contributed by atoms with Crippen LogP contribution in [0.2, 0.25) is 0 Å². The Bertz CT molecular complexity index is 609. The van der Waals surface area contributed by atoms with Gasteiger partial charge < -0.3 is 10.6 Å². The van der Waals surface area contributed by atoms with Crippen LogP contribution < -0.4 is 10.6 Å². The molecule has 1 unspecified atom stereocenters. The minimum absolute atomic E-state index is 0. The lowest BCUT2D eigenvalue weighted by molar-refractivity contribution is -0.120. The van der Waals surface area contributed by atoms with Crippen molar-refractivity contribution in [2.75, 3.05) is 13.1 Å². The summed E-state index contributed by atoms with van der Waals surface area (Å²) in [7, 11) is 0. The minimum Gasteiger partial charge on any atom is -0.354 e. The van der Waals surface area contributed by atoms with Crippen LogP contribution in [0.5, 0.6) is 0 Å². The van der Waals surface area contributed by atoms with Crippen LogP contribution in [0.1, 0.15) is 18.4 Å². The van der Waals surface area contributed by atoms with Crippen molar-refractivity contribution >= 4 is 29.1 Å². The van der Waals surface area contributed by atoms with Gasteiger partial charge in [-0.3, -0.25) is 4.79 Å². The highest BCUT2D eigenvalue weighted by atomic mass is 35.5. The van der Waals surface area contributed by atoms with E-state index >= 15 is 0 Å². The molecule has 3 nitrogen and oxygen atoms in total. The van der Waals surface area contributed by atoms with Crippen LogP contribution in [-0.2, 0) is 11.2 Å². The highest BCUT2D eigenvalue weighted by Crippen LogP contribution is 2.15. The maximum atomic E-state index is 12.0. The van der Waals surface area contributed by atoms with E-state index < -0.39 is 0 Å². The van der Waals surface area contributed by atoms with Crippen molar-refractivity contribution in [1.82, 2.24) is 10.6 Å². The maximum Gasteiger partial charge on any atom is 0.224 e. The molecular weight excluding hydrogens is 284 g/mol. The molecule has 3 rings (SSSR count). The molecule has 1 aliphatic rings.